The van der Waals surface area contributed by atoms with Crippen molar-refractivity contribution in [2.24, 2.45) is 23.7 Å². The van der Waals surface area contributed by atoms with E-state index in [0.29, 0.717) is 0 Å². The van der Waals surface area contributed by atoms with Gasteiger partial charge >= 0.3 is 72.8 Å². The summed E-state index contributed by atoms with van der Waals surface area (Å²) in [6, 6.07) is 5.98. The van der Waals surface area contributed by atoms with Gasteiger partial charge in [-0.15, -0.1) is 0 Å². The molecule has 4 atom stereocenters. The normalized spacial score (nSPS) is 13.5. The summed E-state index contributed by atoms with van der Waals surface area (Å²) in [6.07, 6.45) is 3.20. The van der Waals surface area contributed by atoms with Crippen LogP contribution in [-0.4, -0.2) is 125 Å². The molecule has 0 aromatic heterocycles. The molecule has 0 aliphatic carbocycles. The quantitative estimate of drug-likeness (QED) is 0.0768. The van der Waals surface area contributed by atoms with Crippen molar-refractivity contribution < 1.29 is 64.1 Å². The van der Waals surface area contributed by atoms with E-state index in [9.17, 15) is 45.1 Å². The van der Waals surface area contributed by atoms with E-state index in [0.717, 1.165) is 49.9 Å². The van der Waals surface area contributed by atoms with Crippen LogP contribution in [0.15, 0.2) is 46.2 Å². The molecule has 0 amide bonds. The van der Waals surface area contributed by atoms with Gasteiger partial charge in [-0.1, -0.05) is 81.1 Å². The van der Waals surface area contributed by atoms with Crippen LogP contribution in [-0.2, 0) is 39.2 Å². The standard InChI is InChI=1S/2C18H26O7S.Ba/c2*1-5-12(3)10-24-17(19)14-7-15(9-16(8-14)26(21,22)23)18(20)25-11-13(4)6-2;/h2*7-9,12-13H,5-6,10-11H2,1-4H3,(H,21,22,23);/q;;+2/p-2. The summed E-state index contributed by atoms with van der Waals surface area (Å²) in [5.74, 6) is -2.68. The Morgan fingerprint density at radius 3 is 0.811 bits per heavy atom. The molecule has 0 aliphatic heterocycles. The Labute approximate surface area is 353 Å². The summed E-state index contributed by atoms with van der Waals surface area (Å²) >= 11 is 0. The summed E-state index contributed by atoms with van der Waals surface area (Å²) in [7, 11) is -9.70. The molecule has 14 nitrogen and oxygen atoms in total. The van der Waals surface area contributed by atoms with Crippen LogP contribution < -0.4 is 0 Å². The van der Waals surface area contributed by atoms with Crippen molar-refractivity contribution >= 4 is 93.0 Å². The first kappa shape index (κ1) is 50.7. The van der Waals surface area contributed by atoms with Crippen molar-refractivity contribution in [1.82, 2.24) is 0 Å². The average Bonchev–Trinajstić information content (AvgIpc) is 3.12. The van der Waals surface area contributed by atoms with Crippen molar-refractivity contribution in [1.29, 1.82) is 0 Å². The molecular formula is C36H50BaO14S2. The van der Waals surface area contributed by atoms with Gasteiger partial charge in [-0.2, -0.15) is 0 Å². The molecule has 4 unspecified atom stereocenters. The van der Waals surface area contributed by atoms with E-state index in [-0.39, 0.29) is 121 Å². The third-order valence-electron chi connectivity index (χ3n) is 8.12. The van der Waals surface area contributed by atoms with Gasteiger partial charge in [0.1, 0.15) is 20.2 Å². The van der Waals surface area contributed by atoms with Crippen LogP contribution >= 0.6 is 0 Å². The molecular weight excluding hydrogens is 858 g/mol. The molecule has 2 aromatic rings. The number of benzene rings is 2. The topological polar surface area (TPSA) is 220 Å². The van der Waals surface area contributed by atoms with Crippen LogP contribution in [0.2, 0.25) is 0 Å². The molecule has 0 radical (unpaired) electrons. The van der Waals surface area contributed by atoms with Gasteiger partial charge in [-0.3, -0.25) is 0 Å². The van der Waals surface area contributed by atoms with E-state index in [1.165, 1.54) is 12.1 Å². The zero-order valence-corrected chi connectivity index (χ0v) is 37.7. The fourth-order valence-electron chi connectivity index (χ4n) is 3.63. The van der Waals surface area contributed by atoms with Gasteiger partial charge < -0.3 is 28.1 Å². The molecule has 0 spiro atoms. The number of hydrogen-bond donors (Lipinski definition) is 0. The van der Waals surface area contributed by atoms with Gasteiger partial charge in [0.15, 0.2) is 0 Å². The number of carbonyl (C=O) groups excluding carboxylic acids is 4. The van der Waals surface area contributed by atoms with Crippen molar-refractivity contribution in [2.45, 2.75) is 90.9 Å². The first-order valence-corrected chi connectivity index (χ1v) is 19.9. The van der Waals surface area contributed by atoms with Crippen LogP contribution in [0, 0.1) is 23.7 Å². The van der Waals surface area contributed by atoms with Crippen LogP contribution in [0.25, 0.3) is 0 Å². The SMILES string of the molecule is CCC(C)COC(=O)c1cc(C(=O)OCC(C)CC)cc(S(=O)(=O)[O-])c1.CCC(C)COC(=O)c1cc(C(=O)OCC(C)CC)cc(S(=O)(=O)[O-])c1.[Ba+2]. The summed E-state index contributed by atoms with van der Waals surface area (Å²) in [6.45, 7) is 15.9. The second-order valence-electron chi connectivity index (χ2n) is 12.8. The molecule has 53 heavy (non-hydrogen) atoms. The molecule has 17 heteroatoms. The van der Waals surface area contributed by atoms with Gasteiger partial charge in [0.05, 0.1) is 58.5 Å². The Morgan fingerprint density at radius 2 is 0.660 bits per heavy atom. The van der Waals surface area contributed by atoms with Crippen molar-refractivity contribution in [3.63, 3.8) is 0 Å². The average molecular weight is 908 g/mol. The largest absolute Gasteiger partial charge is 2.00 e. The van der Waals surface area contributed by atoms with E-state index in [4.69, 9.17) is 18.9 Å². The van der Waals surface area contributed by atoms with Gasteiger partial charge in [-0.05, 0) is 60.1 Å². The van der Waals surface area contributed by atoms with E-state index < -0.39 is 53.9 Å². The maximum atomic E-state index is 12.2. The molecule has 2 aromatic carbocycles. The van der Waals surface area contributed by atoms with E-state index in [1.807, 2.05) is 55.4 Å². The van der Waals surface area contributed by atoms with Crippen LogP contribution in [0.5, 0.6) is 0 Å². The van der Waals surface area contributed by atoms with Crippen LogP contribution in [0.4, 0.5) is 0 Å². The number of hydrogen-bond acceptors (Lipinski definition) is 14. The molecule has 0 saturated carbocycles. The van der Waals surface area contributed by atoms with Crippen molar-refractivity contribution in [3.05, 3.63) is 58.7 Å². The Morgan fingerprint density at radius 1 is 0.472 bits per heavy atom. The molecule has 0 heterocycles. The maximum Gasteiger partial charge on any atom is 2.00 e. The summed E-state index contributed by atoms with van der Waals surface area (Å²) in [5.41, 5.74) is -0.720. The molecule has 0 bridgehead atoms. The minimum absolute atomic E-state index is 0. The number of rotatable bonds is 18. The molecule has 292 valence electrons. The summed E-state index contributed by atoms with van der Waals surface area (Å²) < 4.78 is 88.5. The van der Waals surface area contributed by atoms with Crippen LogP contribution in [0.1, 0.15) is 123 Å². The summed E-state index contributed by atoms with van der Waals surface area (Å²) in [5, 5.41) is 0. The molecule has 0 fully saturated rings. The predicted molar refractivity (Wildman–Crippen MR) is 194 cm³/mol. The second kappa shape index (κ2) is 24.3. The minimum Gasteiger partial charge on any atom is -0.744 e. The maximum absolute atomic E-state index is 12.2. The minimum atomic E-state index is -4.85. The van der Waals surface area contributed by atoms with Gasteiger partial charge in [0.2, 0.25) is 0 Å². The number of carbonyl (C=O) groups is 4. The van der Waals surface area contributed by atoms with Gasteiger partial charge in [0, 0.05) is 0 Å². The van der Waals surface area contributed by atoms with Gasteiger partial charge in [0.25, 0.3) is 0 Å². The predicted octanol–water partition coefficient (Wildman–Crippen LogP) is 5.61. The molecule has 0 aliphatic rings. The Kier molecular flexibility index (Phi) is 23.2. The third kappa shape index (κ3) is 18.7. The fraction of sp³-hybridized carbons (Fsp3) is 0.556. The summed E-state index contributed by atoms with van der Waals surface area (Å²) in [4.78, 5) is 47.3. The van der Waals surface area contributed by atoms with Gasteiger partial charge in [-0.25, -0.2) is 36.0 Å². The Balaban J connectivity index is 0.00000100. The smallest absolute Gasteiger partial charge is 0.744 e. The first-order valence-electron chi connectivity index (χ1n) is 17.1. The number of esters is 4. The third-order valence-corrected chi connectivity index (χ3v) is 9.74. The molecule has 0 saturated heterocycles. The molecule has 0 N–H and O–H groups in total. The fourth-order valence-corrected chi connectivity index (χ4v) is 4.72. The molecule has 2 rings (SSSR count). The monoisotopic (exact) mass is 908 g/mol. The zero-order valence-electron chi connectivity index (χ0n) is 31.7. The Bertz CT molecular complexity index is 1530. The van der Waals surface area contributed by atoms with Crippen molar-refractivity contribution in [2.75, 3.05) is 26.4 Å². The second-order valence-corrected chi connectivity index (χ2v) is 15.6. The first-order chi connectivity index (χ1) is 24.2. The van der Waals surface area contributed by atoms with E-state index in [2.05, 4.69) is 0 Å². The Hall–Kier alpha value is -2.29. The number of ether oxygens (including phenoxy) is 4. The zero-order chi connectivity index (χ0) is 39.8. The van der Waals surface area contributed by atoms with Crippen LogP contribution in [0.3, 0.4) is 0 Å². The van der Waals surface area contributed by atoms with E-state index >= 15 is 0 Å². The van der Waals surface area contributed by atoms with Crippen molar-refractivity contribution in [3.8, 4) is 0 Å². The van der Waals surface area contributed by atoms with E-state index in [1.54, 1.807) is 0 Å².